The number of nitrogen functional groups attached to an aromatic ring is 1. The summed E-state index contributed by atoms with van der Waals surface area (Å²) in [6.07, 6.45) is 1.25. The van der Waals surface area contributed by atoms with E-state index < -0.39 is 6.10 Å². The zero-order chi connectivity index (χ0) is 16.7. The van der Waals surface area contributed by atoms with Crippen LogP contribution in [0.25, 0.3) is 0 Å². The molecular formula is C15H24N2O4S2. The maximum absolute atomic E-state index is 9.65. The molecule has 0 saturated carbocycles. The van der Waals surface area contributed by atoms with Gasteiger partial charge >= 0.3 is 0 Å². The van der Waals surface area contributed by atoms with Gasteiger partial charge in [-0.1, -0.05) is 41.1 Å². The van der Waals surface area contributed by atoms with Crippen molar-refractivity contribution in [3.05, 3.63) is 45.4 Å². The number of aryl methyl sites for hydroxylation is 3. The molecule has 0 saturated heterocycles. The van der Waals surface area contributed by atoms with E-state index in [4.69, 9.17) is 10.9 Å². The lowest BCUT2D eigenvalue weighted by atomic mass is 10.1. The molecule has 1 atom stereocenters. The maximum atomic E-state index is 9.65. The van der Waals surface area contributed by atoms with Crippen molar-refractivity contribution in [1.82, 2.24) is 0 Å². The average Bonchev–Trinajstić information content (AvgIpc) is 2.85. The Bertz CT molecular complexity index is 580. The topological polar surface area (TPSA) is 91.7 Å². The van der Waals surface area contributed by atoms with Crippen LogP contribution in [0.2, 0.25) is 0 Å². The molecule has 6 nitrogen and oxygen atoms in total. The molecule has 0 fully saturated rings. The van der Waals surface area contributed by atoms with Crippen molar-refractivity contribution >= 4 is 23.4 Å². The quantitative estimate of drug-likeness (QED) is 0.286. The SMILES string of the molecule is C.CC(O)c1scc[n+]1N.Cc1cc(C)c(SOO[O-])c(C)c1. The van der Waals surface area contributed by atoms with Crippen molar-refractivity contribution in [2.45, 2.75) is 46.1 Å². The largest absolute Gasteiger partial charge is 0.691 e. The Morgan fingerprint density at radius 1 is 1.30 bits per heavy atom. The number of nitrogens with two attached hydrogens (primary N) is 1. The minimum absolute atomic E-state index is 0. The molecule has 3 N–H and O–H groups in total. The lowest BCUT2D eigenvalue weighted by Crippen LogP contribution is -2.46. The first-order valence-corrected chi connectivity index (χ1v) is 8.12. The van der Waals surface area contributed by atoms with Crippen molar-refractivity contribution in [3.8, 4) is 0 Å². The van der Waals surface area contributed by atoms with Gasteiger partial charge < -0.3 is 10.4 Å². The van der Waals surface area contributed by atoms with Gasteiger partial charge in [0.2, 0.25) is 6.20 Å². The van der Waals surface area contributed by atoms with Crippen LogP contribution in [0.3, 0.4) is 0 Å². The Labute approximate surface area is 145 Å². The third kappa shape index (κ3) is 6.86. The molecule has 0 spiro atoms. The molecule has 1 heterocycles. The first-order valence-electron chi connectivity index (χ1n) is 6.50. The molecule has 0 amide bonds. The van der Waals surface area contributed by atoms with Gasteiger partial charge in [0.25, 0.3) is 5.01 Å². The first-order chi connectivity index (χ1) is 10.4. The molecule has 1 aromatic heterocycles. The number of aliphatic hydroxyl groups is 1. The van der Waals surface area contributed by atoms with Crippen molar-refractivity contribution < 1.29 is 24.4 Å². The molecular weight excluding hydrogens is 336 g/mol. The number of aromatic nitrogens is 1. The van der Waals surface area contributed by atoms with Crippen LogP contribution in [0.4, 0.5) is 0 Å². The van der Waals surface area contributed by atoms with Gasteiger partial charge in [-0.3, -0.25) is 5.04 Å². The highest BCUT2D eigenvalue weighted by Gasteiger charge is 2.14. The van der Waals surface area contributed by atoms with Crippen LogP contribution in [0.15, 0.2) is 28.6 Å². The summed E-state index contributed by atoms with van der Waals surface area (Å²) in [4.78, 5) is 0.932. The molecule has 0 aliphatic carbocycles. The molecule has 2 aromatic rings. The monoisotopic (exact) mass is 360 g/mol. The van der Waals surface area contributed by atoms with Crippen LogP contribution in [0.1, 0.15) is 42.2 Å². The van der Waals surface area contributed by atoms with Crippen LogP contribution in [-0.2, 0) is 9.37 Å². The molecule has 8 heteroatoms. The van der Waals surface area contributed by atoms with Crippen LogP contribution >= 0.6 is 23.4 Å². The van der Waals surface area contributed by atoms with Crippen LogP contribution < -0.4 is 15.8 Å². The Kier molecular flexibility index (Phi) is 10.1. The fourth-order valence-electron chi connectivity index (χ4n) is 1.96. The minimum atomic E-state index is -0.463. The normalized spacial score (nSPS) is 11.2. The Morgan fingerprint density at radius 2 is 1.87 bits per heavy atom. The van der Waals surface area contributed by atoms with Gasteiger partial charge in [-0.05, 0) is 38.8 Å². The molecule has 0 radical (unpaired) electrons. The summed E-state index contributed by atoms with van der Waals surface area (Å²) in [7, 11) is 0. The van der Waals surface area contributed by atoms with E-state index in [2.05, 4.69) is 9.37 Å². The van der Waals surface area contributed by atoms with Crippen LogP contribution in [-0.4, -0.2) is 5.11 Å². The number of rotatable bonds is 4. The predicted molar refractivity (Wildman–Crippen MR) is 90.7 cm³/mol. The second kappa shape index (κ2) is 10.6. The van der Waals surface area contributed by atoms with E-state index in [0.717, 1.165) is 33.1 Å². The Hall–Kier alpha value is -1.16. The van der Waals surface area contributed by atoms with E-state index in [1.165, 1.54) is 21.6 Å². The van der Waals surface area contributed by atoms with Crippen molar-refractivity contribution in [1.29, 1.82) is 0 Å². The van der Waals surface area contributed by atoms with Gasteiger partial charge in [0.15, 0.2) is 0 Å². The molecule has 0 bridgehead atoms. The molecule has 2 rings (SSSR count). The van der Waals surface area contributed by atoms with Crippen LogP contribution in [0, 0.1) is 20.8 Å². The second-order valence-corrected chi connectivity index (χ2v) is 6.41. The summed E-state index contributed by atoms with van der Waals surface area (Å²) >= 11 is 2.39. The summed E-state index contributed by atoms with van der Waals surface area (Å²) in [5.41, 5.74) is 3.36. The van der Waals surface area contributed by atoms with E-state index in [-0.39, 0.29) is 7.43 Å². The minimum Gasteiger partial charge on any atom is -0.691 e. The summed E-state index contributed by atoms with van der Waals surface area (Å²) in [5.74, 6) is 5.41. The number of aliphatic hydroxyl groups excluding tert-OH is 1. The van der Waals surface area contributed by atoms with Crippen molar-refractivity contribution in [2.24, 2.45) is 0 Å². The molecule has 1 aromatic carbocycles. The highest BCUT2D eigenvalue weighted by molar-refractivity contribution is 7.94. The van der Waals surface area contributed by atoms with Crippen LogP contribution in [0.5, 0.6) is 0 Å². The first kappa shape index (κ1) is 21.8. The van der Waals surface area contributed by atoms with E-state index in [1.807, 2.05) is 38.3 Å². The smallest absolute Gasteiger partial charge is 0.294 e. The lowest BCUT2D eigenvalue weighted by Gasteiger charge is -2.10. The summed E-state index contributed by atoms with van der Waals surface area (Å²) in [6, 6.07) is 4.06. The summed E-state index contributed by atoms with van der Waals surface area (Å²) < 4.78 is 5.71. The molecule has 0 aliphatic heterocycles. The standard InChI is InChI=1S/C9H12O3S.C5H9N2OS.CH4/c1-6-4-7(2)9(8(3)5-6)13-12-11-10;1-4(8)5-7(6)2-3-9-5;/h4-5,10H,1-3H3;2-4,8H,6H2,1H3;1H4/q;+1;/p-1. The number of nitrogens with zero attached hydrogens (tertiary/aromatic N) is 1. The van der Waals surface area contributed by atoms with E-state index >= 15 is 0 Å². The zero-order valence-electron chi connectivity index (χ0n) is 12.9. The molecule has 1 unspecified atom stereocenters. The van der Waals surface area contributed by atoms with Crippen molar-refractivity contribution in [3.63, 3.8) is 0 Å². The molecule has 23 heavy (non-hydrogen) atoms. The zero-order valence-corrected chi connectivity index (χ0v) is 14.5. The highest BCUT2D eigenvalue weighted by atomic mass is 32.2. The number of benzene rings is 1. The highest BCUT2D eigenvalue weighted by Crippen LogP contribution is 2.27. The fourth-order valence-corrected chi connectivity index (χ4v) is 3.15. The fraction of sp³-hybridized carbons (Fsp3) is 0.400. The lowest BCUT2D eigenvalue weighted by molar-refractivity contribution is -0.777. The molecule has 0 aliphatic rings. The molecule has 130 valence electrons. The van der Waals surface area contributed by atoms with Gasteiger partial charge in [0.1, 0.15) is 6.10 Å². The third-order valence-corrected chi connectivity index (χ3v) is 4.76. The Morgan fingerprint density at radius 3 is 2.22 bits per heavy atom. The third-order valence-electron chi connectivity index (χ3n) is 2.77. The summed E-state index contributed by atoms with van der Waals surface area (Å²) in [6.45, 7) is 7.65. The predicted octanol–water partition coefficient (Wildman–Crippen LogP) is 2.28. The van der Waals surface area contributed by atoms with Gasteiger partial charge in [0.05, 0.1) is 17.4 Å². The maximum Gasteiger partial charge on any atom is 0.294 e. The van der Waals surface area contributed by atoms with E-state index in [1.54, 1.807) is 13.1 Å². The second-order valence-electron chi connectivity index (χ2n) is 4.77. The number of thiazole rings is 1. The average molecular weight is 361 g/mol. The van der Waals surface area contributed by atoms with E-state index in [0.29, 0.717) is 0 Å². The number of hydrogen-bond acceptors (Lipinski definition) is 7. The van der Waals surface area contributed by atoms with Gasteiger partial charge in [0, 0.05) is 4.90 Å². The van der Waals surface area contributed by atoms with Crippen molar-refractivity contribution in [2.75, 3.05) is 5.84 Å². The summed E-state index contributed by atoms with van der Waals surface area (Å²) in [5, 5.41) is 24.6. The van der Waals surface area contributed by atoms with Gasteiger partial charge in [-0.15, -0.1) is 0 Å². The van der Waals surface area contributed by atoms with Gasteiger partial charge in [-0.2, -0.15) is 4.33 Å². The Balaban J connectivity index is 0.000000427. The van der Waals surface area contributed by atoms with Gasteiger partial charge in [-0.25, -0.2) is 5.84 Å². The number of hydrogen-bond donors (Lipinski definition) is 2. The van der Waals surface area contributed by atoms with E-state index in [9.17, 15) is 5.26 Å².